The number of carbonyl (C=O) groups excluding carboxylic acids is 1. The predicted molar refractivity (Wildman–Crippen MR) is 145 cm³/mol. The van der Waals surface area contributed by atoms with E-state index in [1.807, 2.05) is 4.90 Å². The highest BCUT2D eigenvalue weighted by Crippen LogP contribution is 2.44. The van der Waals surface area contributed by atoms with Crippen LogP contribution in [-0.4, -0.2) is 42.9 Å². The van der Waals surface area contributed by atoms with E-state index in [1.54, 1.807) is 0 Å². The Morgan fingerprint density at radius 1 is 0.889 bits per heavy atom. The third kappa shape index (κ3) is 5.54. The highest BCUT2D eigenvalue weighted by Gasteiger charge is 2.39. The monoisotopic (exact) mass is 487 g/mol. The number of fused-ring (bicyclic) bond motifs is 5. The van der Waals surface area contributed by atoms with Gasteiger partial charge in [-0.3, -0.25) is 4.90 Å². The van der Waals surface area contributed by atoms with Crippen molar-refractivity contribution in [3.63, 3.8) is 0 Å². The van der Waals surface area contributed by atoms with Crippen molar-refractivity contribution < 1.29 is 14.3 Å². The summed E-state index contributed by atoms with van der Waals surface area (Å²) in [4.78, 5) is 15.3. The van der Waals surface area contributed by atoms with Gasteiger partial charge < -0.3 is 9.47 Å². The molecule has 2 aromatic rings. The van der Waals surface area contributed by atoms with Crippen LogP contribution in [0.3, 0.4) is 0 Å². The van der Waals surface area contributed by atoms with Crippen LogP contribution in [0, 0.1) is 0 Å². The van der Waals surface area contributed by atoms with Gasteiger partial charge in [-0.2, -0.15) is 0 Å². The maximum absolute atomic E-state index is 13.3. The molecule has 2 unspecified atom stereocenters. The zero-order valence-corrected chi connectivity index (χ0v) is 21.8. The number of carbonyl (C=O) groups is 1. The first-order valence-electron chi connectivity index (χ1n) is 14.2. The second kappa shape index (κ2) is 12.1. The number of morpholine rings is 1. The van der Waals surface area contributed by atoms with Crippen molar-refractivity contribution in [3.8, 4) is 11.1 Å². The summed E-state index contributed by atoms with van der Waals surface area (Å²) in [5, 5.41) is 0. The zero-order chi connectivity index (χ0) is 24.7. The molecule has 1 aliphatic carbocycles. The molecule has 0 aromatic heterocycles. The topological polar surface area (TPSA) is 38.8 Å². The quantitative estimate of drug-likeness (QED) is 0.239. The minimum atomic E-state index is -0.197. The van der Waals surface area contributed by atoms with Crippen LogP contribution in [0.1, 0.15) is 88.2 Å². The summed E-state index contributed by atoms with van der Waals surface area (Å²) in [6.07, 6.45) is 14.9. The molecule has 3 aliphatic rings. The molecule has 0 saturated carbocycles. The maximum atomic E-state index is 13.3. The van der Waals surface area contributed by atoms with Crippen LogP contribution in [0.2, 0.25) is 0 Å². The molecule has 192 valence electrons. The Labute approximate surface area is 216 Å². The zero-order valence-electron chi connectivity index (χ0n) is 21.8. The summed E-state index contributed by atoms with van der Waals surface area (Å²) in [5.74, 6) is 0.0929. The molecule has 0 radical (unpaired) electrons. The molecule has 4 heteroatoms. The lowest BCUT2D eigenvalue weighted by Crippen LogP contribution is -2.56. The van der Waals surface area contributed by atoms with E-state index in [-0.39, 0.29) is 24.1 Å². The summed E-state index contributed by atoms with van der Waals surface area (Å²) in [5.41, 5.74) is 6.52. The van der Waals surface area contributed by atoms with Gasteiger partial charge in [-0.15, -0.1) is 0 Å². The molecular formula is C32H41NO3. The second-order valence-electron chi connectivity index (χ2n) is 10.7. The Morgan fingerprint density at radius 3 is 2.19 bits per heavy atom. The van der Waals surface area contributed by atoms with Gasteiger partial charge in [0.1, 0.15) is 6.61 Å². The molecular weight excluding hydrogens is 446 g/mol. The van der Waals surface area contributed by atoms with Gasteiger partial charge in [0.05, 0.1) is 25.3 Å². The number of nitrogens with zero attached hydrogens (tertiary/aromatic N) is 1. The van der Waals surface area contributed by atoms with E-state index in [4.69, 9.17) is 9.47 Å². The Bertz CT molecular complexity index is 1020. The smallest absolute Gasteiger partial charge is 0.410 e. The van der Waals surface area contributed by atoms with E-state index in [9.17, 15) is 4.79 Å². The van der Waals surface area contributed by atoms with Crippen LogP contribution in [0.5, 0.6) is 0 Å². The molecule has 2 aromatic carbocycles. The lowest BCUT2D eigenvalue weighted by Gasteiger charge is -2.44. The molecule has 36 heavy (non-hydrogen) atoms. The highest BCUT2D eigenvalue weighted by atomic mass is 16.6. The van der Waals surface area contributed by atoms with Gasteiger partial charge >= 0.3 is 6.09 Å². The van der Waals surface area contributed by atoms with Crippen LogP contribution in [0.4, 0.5) is 4.79 Å². The van der Waals surface area contributed by atoms with E-state index in [1.165, 1.54) is 79.2 Å². The third-order valence-corrected chi connectivity index (χ3v) is 8.17. The number of hydrogen-bond donors (Lipinski definition) is 0. The van der Waals surface area contributed by atoms with Gasteiger partial charge in [-0.1, -0.05) is 112 Å². The van der Waals surface area contributed by atoms with E-state index < -0.39 is 0 Å². The van der Waals surface area contributed by atoms with Crippen molar-refractivity contribution in [1.82, 2.24) is 4.90 Å². The standard InChI is InChI=1S/C32H41NO3/c1-2-3-4-5-6-7-8-9-14-24-19-25-21-35-22-26(20-24)33(25)32(34)36-23-31-29-17-12-10-15-27(29)28-16-11-13-18-30(28)31/h10-13,15-19,25-26,31H,2-9,14,20-23H2,1H3. The molecule has 0 N–H and O–H groups in total. The van der Waals surface area contributed by atoms with Crippen LogP contribution >= 0.6 is 0 Å². The Balaban J connectivity index is 1.15. The number of rotatable bonds is 11. The fourth-order valence-electron chi connectivity index (χ4n) is 6.31. The minimum absolute atomic E-state index is 0.00260. The minimum Gasteiger partial charge on any atom is -0.448 e. The Hall–Kier alpha value is -2.59. The molecule has 5 rings (SSSR count). The molecule has 1 fully saturated rings. The highest BCUT2D eigenvalue weighted by molar-refractivity contribution is 5.79. The Morgan fingerprint density at radius 2 is 1.53 bits per heavy atom. The van der Waals surface area contributed by atoms with E-state index >= 15 is 0 Å². The summed E-state index contributed by atoms with van der Waals surface area (Å²) in [6, 6.07) is 17.1. The second-order valence-corrected chi connectivity index (χ2v) is 10.7. The first-order valence-corrected chi connectivity index (χ1v) is 14.2. The maximum Gasteiger partial charge on any atom is 0.410 e. The lowest BCUT2D eigenvalue weighted by molar-refractivity contribution is -0.0365. The third-order valence-electron chi connectivity index (χ3n) is 8.17. The van der Waals surface area contributed by atoms with Gasteiger partial charge in [0.2, 0.25) is 0 Å². The average Bonchev–Trinajstić information content (AvgIpc) is 3.22. The lowest BCUT2D eigenvalue weighted by atomic mass is 9.91. The van der Waals surface area contributed by atoms with Crippen molar-refractivity contribution in [3.05, 3.63) is 71.3 Å². The number of benzene rings is 2. The van der Waals surface area contributed by atoms with Crippen molar-refractivity contribution in [2.24, 2.45) is 0 Å². The van der Waals surface area contributed by atoms with Crippen LogP contribution in [0.25, 0.3) is 11.1 Å². The van der Waals surface area contributed by atoms with Gasteiger partial charge in [0.25, 0.3) is 0 Å². The molecule has 2 heterocycles. The van der Waals surface area contributed by atoms with Crippen molar-refractivity contribution in [2.45, 2.75) is 89.1 Å². The summed E-state index contributed by atoms with van der Waals surface area (Å²) in [6.45, 7) is 3.82. The average molecular weight is 488 g/mol. The first kappa shape index (κ1) is 25.1. The molecule has 0 spiro atoms. The van der Waals surface area contributed by atoms with Gasteiger partial charge in [0, 0.05) is 5.92 Å². The van der Waals surface area contributed by atoms with Gasteiger partial charge in [-0.05, 0) is 41.5 Å². The van der Waals surface area contributed by atoms with E-state index in [0.29, 0.717) is 19.8 Å². The molecule has 1 amide bonds. The SMILES string of the molecule is CCCCCCCCCCC1=CC2COCC(C1)N2C(=O)OCC1c2ccccc2-c2ccccc21. The number of unbranched alkanes of at least 4 members (excludes halogenated alkanes) is 7. The molecule has 2 bridgehead atoms. The van der Waals surface area contributed by atoms with E-state index in [2.05, 4.69) is 61.5 Å². The fourth-order valence-corrected chi connectivity index (χ4v) is 6.31. The van der Waals surface area contributed by atoms with Gasteiger partial charge in [-0.25, -0.2) is 4.79 Å². The fraction of sp³-hybridized carbons (Fsp3) is 0.531. The number of hydrogen-bond acceptors (Lipinski definition) is 3. The largest absolute Gasteiger partial charge is 0.448 e. The number of ether oxygens (including phenoxy) is 2. The molecule has 4 nitrogen and oxygen atoms in total. The predicted octanol–water partition coefficient (Wildman–Crippen LogP) is 7.87. The van der Waals surface area contributed by atoms with Crippen molar-refractivity contribution >= 4 is 6.09 Å². The van der Waals surface area contributed by atoms with Crippen LogP contribution < -0.4 is 0 Å². The normalized spacial score (nSPS) is 20.6. The van der Waals surface area contributed by atoms with Crippen molar-refractivity contribution in [1.29, 1.82) is 0 Å². The van der Waals surface area contributed by atoms with Crippen LogP contribution in [0.15, 0.2) is 60.2 Å². The van der Waals surface area contributed by atoms with Crippen molar-refractivity contribution in [2.75, 3.05) is 19.8 Å². The van der Waals surface area contributed by atoms with E-state index in [0.717, 1.165) is 12.8 Å². The number of amides is 1. The first-order chi connectivity index (χ1) is 17.8. The molecule has 2 atom stereocenters. The summed E-state index contributed by atoms with van der Waals surface area (Å²) >= 11 is 0. The summed E-state index contributed by atoms with van der Waals surface area (Å²) < 4.78 is 11.8. The van der Waals surface area contributed by atoms with Crippen LogP contribution in [-0.2, 0) is 9.47 Å². The molecule has 2 aliphatic heterocycles. The molecule has 1 saturated heterocycles. The van der Waals surface area contributed by atoms with Gasteiger partial charge in [0.15, 0.2) is 0 Å². The Kier molecular flexibility index (Phi) is 8.43. The summed E-state index contributed by atoms with van der Waals surface area (Å²) in [7, 11) is 0.